The number of carboxylic acid groups (broad SMARTS) is 1. The zero-order chi connectivity index (χ0) is 18.2. The predicted molar refractivity (Wildman–Crippen MR) is 91.8 cm³/mol. The summed E-state index contributed by atoms with van der Waals surface area (Å²) in [5, 5.41) is 13.5. The van der Waals surface area contributed by atoms with Crippen LogP contribution >= 0.6 is 11.3 Å². The molecule has 0 saturated heterocycles. The van der Waals surface area contributed by atoms with Gasteiger partial charge in [0.25, 0.3) is 10.0 Å². The number of sulfonamides is 1. The van der Waals surface area contributed by atoms with E-state index >= 15 is 0 Å². The number of amides is 2. The molecule has 24 heavy (non-hydrogen) atoms. The Labute approximate surface area is 145 Å². The van der Waals surface area contributed by atoms with Crippen LogP contribution in [0, 0.1) is 0 Å². The van der Waals surface area contributed by atoms with Gasteiger partial charge < -0.3 is 15.7 Å². The van der Waals surface area contributed by atoms with Crippen molar-refractivity contribution >= 4 is 33.4 Å². The summed E-state index contributed by atoms with van der Waals surface area (Å²) in [4.78, 5) is 22.6. The summed E-state index contributed by atoms with van der Waals surface area (Å²) in [6.45, 7) is 4.83. The minimum atomic E-state index is -3.45. The molecule has 0 atom stereocenters. The maximum Gasteiger partial charge on any atom is 0.314 e. The first-order chi connectivity index (χ1) is 11.3. The van der Waals surface area contributed by atoms with Crippen molar-refractivity contribution in [2.75, 3.05) is 26.2 Å². The second-order valence-electron chi connectivity index (χ2n) is 4.89. The van der Waals surface area contributed by atoms with Crippen molar-refractivity contribution in [3.05, 3.63) is 17.0 Å². The fourth-order valence-electron chi connectivity index (χ4n) is 1.97. The minimum absolute atomic E-state index is 0.0619. The molecule has 8 nitrogen and oxygen atoms in total. The van der Waals surface area contributed by atoms with E-state index in [-0.39, 0.29) is 13.0 Å². The van der Waals surface area contributed by atoms with E-state index in [9.17, 15) is 18.0 Å². The highest BCUT2D eigenvalue weighted by molar-refractivity contribution is 7.91. The van der Waals surface area contributed by atoms with Crippen molar-refractivity contribution in [3.8, 4) is 0 Å². The van der Waals surface area contributed by atoms with Crippen LogP contribution in [0.5, 0.6) is 0 Å². The van der Waals surface area contributed by atoms with Crippen LogP contribution in [0.2, 0.25) is 0 Å². The van der Waals surface area contributed by atoms with Crippen molar-refractivity contribution in [2.24, 2.45) is 0 Å². The number of carbonyl (C=O) groups is 2. The van der Waals surface area contributed by atoms with Crippen LogP contribution in [-0.2, 0) is 21.2 Å². The van der Waals surface area contributed by atoms with Gasteiger partial charge in [-0.25, -0.2) is 13.2 Å². The average molecular weight is 377 g/mol. The first-order valence-electron chi connectivity index (χ1n) is 7.63. The molecule has 0 bridgehead atoms. The first-order valence-corrected chi connectivity index (χ1v) is 9.89. The number of hydrogen-bond donors (Lipinski definition) is 3. The number of thiophene rings is 1. The van der Waals surface area contributed by atoms with Crippen molar-refractivity contribution in [1.82, 2.24) is 14.9 Å². The topological polar surface area (TPSA) is 116 Å². The molecule has 0 fully saturated rings. The smallest absolute Gasteiger partial charge is 0.314 e. The van der Waals surface area contributed by atoms with Gasteiger partial charge in [0, 0.05) is 31.1 Å². The average Bonchev–Trinajstić information content (AvgIpc) is 2.97. The van der Waals surface area contributed by atoms with Gasteiger partial charge >= 0.3 is 12.0 Å². The normalized spacial score (nSPS) is 11.5. The van der Waals surface area contributed by atoms with Gasteiger partial charge in [-0.2, -0.15) is 4.31 Å². The molecule has 1 rings (SSSR count). The van der Waals surface area contributed by atoms with Crippen LogP contribution in [0.1, 0.15) is 25.1 Å². The maximum absolute atomic E-state index is 12.4. The molecule has 0 spiro atoms. The van der Waals surface area contributed by atoms with Crippen LogP contribution in [0.3, 0.4) is 0 Å². The lowest BCUT2D eigenvalue weighted by Crippen LogP contribution is -2.37. The van der Waals surface area contributed by atoms with Crippen molar-refractivity contribution in [2.45, 2.75) is 30.9 Å². The summed E-state index contributed by atoms with van der Waals surface area (Å²) in [7, 11) is -3.45. The Balaban J connectivity index is 2.47. The van der Waals surface area contributed by atoms with Crippen molar-refractivity contribution in [3.63, 3.8) is 0 Å². The summed E-state index contributed by atoms with van der Waals surface area (Å²) >= 11 is 1.19. The summed E-state index contributed by atoms with van der Waals surface area (Å²) in [5.41, 5.74) is 0. The molecule has 1 aromatic rings. The number of hydrogen-bond acceptors (Lipinski definition) is 5. The van der Waals surface area contributed by atoms with Gasteiger partial charge in [0.15, 0.2) is 0 Å². The number of carbonyl (C=O) groups excluding carboxylic acids is 1. The molecule has 1 heterocycles. The van der Waals surface area contributed by atoms with E-state index in [0.717, 1.165) is 4.88 Å². The molecule has 10 heteroatoms. The predicted octanol–water partition coefficient (Wildman–Crippen LogP) is 1.09. The lowest BCUT2D eigenvalue weighted by atomic mass is 10.3. The molecule has 136 valence electrons. The molecule has 0 aliphatic carbocycles. The van der Waals surface area contributed by atoms with E-state index in [4.69, 9.17) is 5.11 Å². The Kier molecular flexibility index (Phi) is 8.16. The second-order valence-corrected chi connectivity index (χ2v) is 8.22. The lowest BCUT2D eigenvalue weighted by Gasteiger charge is -2.16. The van der Waals surface area contributed by atoms with Gasteiger partial charge in [0.05, 0.1) is 6.42 Å². The quantitative estimate of drug-likeness (QED) is 0.564. The van der Waals surface area contributed by atoms with Gasteiger partial charge in [-0.05, 0) is 18.6 Å². The Bertz CT molecular complexity index is 653. The molecule has 3 N–H and O–H groups in total. The van der Waals surface area contributed by atoms with Crippen molar-refractivity contribution in [1.29, 1.82) is 0 Å². The molecule has 0 aromatic carbocycles. The number of nitrogens with zero attached hydrogens (tertiary/aromatic N) is 1. The Morgan fingerprint density at radius 2 is 1.79 bits per heavy atom. The Morgan fingerprint density at radius 3 is 2.38 bits per heavy atom. The fourth-order valence-corrected chi connectivity index (χ4v) is 4.93. The lowest BCUT2D eigenvalue weighted by molar-refractivity contribution is -0.136. The molecule has 1 aromatic heterocycles. The van der Waals surface area contributed by atoms with E-state index < -0.39 is 22.0 Å². The summed E-state index contributed by atoms with van der Waals surface area (Å²) < 4.78 is 26.4. The van der Waals surface area contributed by atoms with Crippen LogP contribution in [0.4, 0.5) is 4.79 Å². The number of urea groups is 1. The molecule has 0 unspecified atom stereocenters. The van der Waals surface area contributed by atoms with Gasteiger partial charge in [-0.1, -0.05) is 13.8 Å². The van der Waals surface area contributed by atoms with E-state index in [1.165, 1.54) is 15.6 Å². The van der Waals surface area contributed by atoms with E-state index in [1.807, 2.05) is 0 Å². The highest BCUT2D eigenvalue weighted by Gasteiger charge is 2.23. The molecule has 2 amide bonds. The maximum atomic E-state index is 12.4. The molecule has 0 aliphatic rings. The van der Waals surface area contributed by atoms with Gasteiger partial charge in [0.1, 0.15) is 4.21 Å². The third-order valence-corrected chi connectivity index (χ3v) is 6.88. The molecular weight excluding hydrogens is 354 g/mol. The van der Waals surface area contributed by atoms with E-state index in [0.29, 0.717) is 30.3 Å². The van der Waals surface area contributed by atoms with Gasteiger partial charge in [0.2, 0.25) is 0 Å². The second kappa shape index (κ2) is 9.60. The van der Waals surface area contributed by atoms with E-state index in [2.05, 4.69) is 10.6 Å². The van der Waals surface area contributed by atoms with Gasteiger partial charge in [-0.15, -0.1) is 11.3 Å². The molecule has 0 radical (unpaired) electrons. The monoisotopic (exact) mass is 377 g/mol. The number of aliphatic carboxylic acids is 1. The third kappa shape index (κ3) is 6.10. The molecular formula is C14H23N3O5S2. The number of nitrogens with one attached hydrogen (secondary N) is 2. The van der Waals surface area contributed by atoms with Crippen LogP contribution < -0.4 is 10.6 Å². The highest BCUT2D eigenvalue weighted by Crippen LogP contribution is 2.25. The fraction of sp³-hybridized carbons (Fsp3) is 0.571. The number of rotatable bonds is 10. The highest BCUT2D eigenvalue weighted by atomic mass is 32.2. The Hall–Kier alpha value is -1.65. The van der Waals surface area contributed by atoms with E-state index in [1.54, 1.807) is 26.0 Å². The third-order valence-electron chi connectivity index (χ3n) is 3.22. The van der Waals surface area contributed by atoms with Crippen LogP contribution in [0.15, 0.2) is 16.3 Å². The molecule has 0 saturated carbocycles. The zero-order valence-corrected chi connectivity index (χ0v) is 15.4. The minimum Gasteiger partial charge on any atom is -0.481 e. The summed E-state index contributed by atoms with van der Waals surface area (Å²) in [6, 6.07) is 2.88. The standard InChI is InChI=1S/C14H23N3O5S2/c1-3-17(4-2)24(21,22)13-6-5-11(23-13)7-9-15-14(20)16-10-8-12(18)19/h5-6H,3-4,7-10H2,1-2H3,(H,18,19)(H2,15,16,20). The van der Waals surface area contributed by atoms with Crippen LogP contribution in [0.25, 0.3) is 0 Å². The number of carboxylic acids is 1. The van der Waals surface area contributed by atoms with Crippen molar-refractivity contribution < 1.29 is 23.1 Å². The largest absolute Gasteiger partial charge is 0.481 e. The Morgan fingerprint density at radius 1 is 1.17 bits per heavy atom. The first kappa shape index (κ1) is 20.4. The SMILES string of the molecule is CCN(CC)S(=O)(=O)c1ccc(CCNC(=O)NCCC(=O)O)s1. The zero-order valence-electron chi connectivity index (χ0n) is 13.7. The van der Waals surface area contributed by atoms with Gasteiger partial charge in [-0.3, -0.25) is 4.79 Å². The summed E-state index contributed by atoms with van der Waals surface area (Å²) in [5.74, 6) is -0.976. The summed E-state index contributed by atoms with van der Waals surface area (Å²) in [6.07, 6.45) is 0.371. The van der Waals surface area contributed by atoms with Crippen LogP contribution in [-0.4, -0.2) is 56.0 Å². The molecule has 0 aliphatic heterocycles.